The zero-order valence-corrected chi connectivity index (χ0v) is 10.5. The number of rotatable bonds is 5. The van der Waals surface area contributed by atoms with Gasteiger partial charge in [0, 0.05) is 0 Å². The van der Waals surface area contributed by atoms with Gasteiger partial charge in [0.05, 0.1) is 17.9 Å². The normalized spacial score (nSPS) is 12.9. The molecule has 92 valence electrons. The molecule has 0 aromatic carbocycles. The highest BCUT2D eigenvalue weighted by Gasteiger charge is 2.17. The monoisotopic (exact) mass is 255 g/mol. The van der Waals surface area contributed by atoms with E-state index in [1.807, 2.05) is 6.92 Å². The van der Waals surface area contributed by atoms with E-state index in [1.54, 1.807) is 6.07 Å². The summed E-state index contributed by atoms with van der Waals surface area (Å²) < 4.78 is 10.5. The zero-order chi connectivity index (χ0) is 12.3. The van der Waals surface area contributed by atoms with E-state index in [9.17, 15) is 0 Å². The van der Waals surface area contributed by atoms with Gasteiger partial charge < -0.3 is 14.2 Å². The smallest absolute Gasteiger partial charge is 0.252 e. The van der Waals surface area contributed by atoms with Crippen LogP contribution >= 0.6 is 11.6 Å². The van der Waals surface area contributed by atoms with Gasteiger partial charge in [-0.25, -0.2) is 0 Å². The highest BCUT2D eigenvalue weighted by molar-refractivity contribution is 6.31. The van der Waals surface area contributed by atoms with Crippen molar-refractivity contribution in [2.45, 2.75) is 26.3 Å². The van der Waals surface area contributed by atoms with Crippen molar-refractivity contribution in [2.75, 3.05) is 6.54 Å². The minimum Gasteiger partial charge on any atom is -0.452 e. The van der Waals surface area contributed by atoms with Crippen molar-refractivity contribution < 1.29 is 8.83 Å². The van der Waals surface area contributed by atoms with Crippen LogP contribution in [0.4, 0.5) is 0 Å². The maximum Gasteiger partial charge on any atom is 0.252 e. The SMILES string of the molecule is CCCNC(C)c1nnc(-c2ccoc2Cl)o1. The molecule has 5 nitrogen and oxygen atoms in total. The van der Waals surface area contributed by atoms with Crippen LogP contribution in [0.25, 0.3) is 11.5 Å². The molecular weight excluding hydrogens is 242 g/mol. The summed E-state index contributed by atoms with van der Waals surface area (Å²) >= 11 is 5.84. The van der Waals surface area contributed by atoms with E-state index in [4.69, 9.17) is 20.4 Å². The van der Waals surface area contributed by atoms with Crippen molar-refractivity contribution >= 4 is 11.6 Å². The quantitative estimate of drug-likeness (QED) is 0.890. The Morgan fingerprint density at radius 1 is 1.47 bits per heavy atom. The van der Waals surface area contributed by atoms with Crippen LogP contribution in [0.15, 0.2) is 21.2 Å². The number of nitrogens with one attached hydrogen (secondary N) is 1. The van der Waals surface area contributed by atoms with Gasteiger partial charge in [-0.1, -0.05) is 6.92 Å². The zero-order valence-electron chi connectivity index (χ0n) is 9.74. The molecule has 0 aliphatic heterocycles. The minimum absolute atomic E-state index is 0.0295. The molecule has 1 atom stereocenters. The summed E-state index contributed by atoms with van der Waals surface area (Å²) in [7, 11) is 0. The van der Waals surface area contributed by atoms with Crippen molar-refractivity contribution in [2.24, 2.45) is 0 Å². The molecule has 0 saturated heterocycles. The van der Waals surface area contributed by atoms with Crippen LogP contribution in [0, 0.1) is 0 Å². The third-order valence-corrected chi connectivity index (χ3v) is 2.65. The highest BCUT2D eigenvalue weighted by Crippen LogP contribution is 2.28. The predicted molar refractivity (Wildman–Crippen MR) is 63.7 cm³/mol. The lowest BCUT2D eigenvalue weighted by Gasteiger charge is -2.07. The van der Waals surface area contributed by atoms with Gasteiger partial charge in [0.15, 0.2) is 0 Å². The molecule has 0 bridgehead atoms. The lowest BCUT2D eigenvalue weighted by molar-refractivity contribution is 0.423. The van der Waals surface area contributed by atoms with Crippen molar-refractivity contribution in [3.63, 3.8) is 0 Å². The second kappa shape index (κ2) is 5.33. The van der Waals surface area contributed by atoms with Gasteiger partial charge in [0.2, 0.25) is 11.1 Å². The van der Waals surface area contributed by atoms with Crippen LogP contribution in [-0.4, -0.2) is 16.7 Å². The third-order valence-electron chi connectivity index (χ3n) is 2.36. The molecular formula is C11H14ClN3O2. The Balaban J connectivity index is 2.13. The maximum atomic E-state index is 5.84. The largest absolute Gasteiger partial charge is 0.452 e. The van der Waals surface area contributed by atoms with Crippen LogP contribution in [0.5, 0.6) is 0 Å². The first-order valence-electron chi connectivity index (χ1n) is 5.52. The summed E-state index contributed by atoms with van der Waals surface area (Å²) in [6.45, 7) is 4.99. The summed E-state index contributed by atoms with van der Waals surface area (Å²) in [5.41, 5.74) is 0.619. The van der Waals surface area contributed by atoms with Crippen molar-refractivity contribution in [1.29, 1.82) is 0 Å². The van der Waals surface area contributed by atoms with E-state index < -0.39 is 0 Å². The van der Waals surface area contributed by atoms with Crippen LogP contribution in [0.1, 0.15) is 32.2 Å². The molecule has 2 aromatic heterocycles. The molecule has 1 N–H and O–H groups in total. The average molecular weight is 256 g/mol. The second-order valence-electron chi connectivity index (χ2n) is 3.73. The first-order valence-corrected chi connectivity index (χ1v) is 5.90. The van der Waals surface area contributed by atoms with Crippen molar-refractivity contribution in [3.05, 3.63) is 23.4 Å². The Bertz CT molecular complexity index is 481. The summed E-state index contributed by atoms with van der Waals surface area (Å²) in [6, 6.07) is 1.73. The summed E-state index contributed by atoms with van der Waals surface area (Å²) in [5, 5.41) is 11.5. The second-order valence-corrected chi connectivity index (χ2v) is 4.07. The lowest BCUT2D eigenvalue weighted by atomic mass is 10.3. The van der Waals surface area contributed by atoms with E-state index in [0.29, 0.717) is 17.3 Å². The minimum atomic E-state index is 0.0295. The number of halogens is 1. The van der Waals surface area contributed by atoms with E-state index in [0.717, 1.165) is 13.0 Å². The Labute approximate surface area is 104 Å². The first-order chi connectivity index (χ1) is 8.22. The number of nitrogens with zero attached hydrogens (tertiary/aromatic N) is 2. The van der Waals surface area contributed by atoms with Gasteiger partial charge in [-0.05, 0) is 37.6 Å². The van der Waals surface area contributed by atoms with Crippen molar-refractivity contribution in [3.8, 4) is 11.5 Å². The molecule has 0 saturated carbocycles. The van der Waals surface area contributed by atoms with Crippen LogP contribution in [-0.2, 0) is 0 Å². The number of aromatic nitrogens is 2. The Kier molecular flexibility index (Phi) is 3.81. The van der Waals surface area contributed by atoms with Crippen LogP contribution < -0.4 is 5.32 Å². The fraction of sp³-hybridized carbons (Fsp3) is 0.455. The van der Waals surface area contributed by atoms with Crippen molar-refractivity contribution in [1.82, 2.24) is 15.5 Å². The van der Waals surface area contributed by atoms with Gasteiger partial charge in [-0.2, -0.15) is 0 Å². The summed E-state index contributed by atoms with van der Waals surface area (Å²) in [6.07, 6.45) is 2.54. The first kappa shape index (κ1) is 12.1. The maximum absolute atomic E-state index is 5.84. The molecule has 1 unspecified atom stereocenters. The molecule has 0 aliphatic carbocycles. The molecule has 0 amide bonds. The molecule has 2 rings (SSSR count). The fourth-order valence-corrected chi connectivity index (χ4v) is 1.61. The molecule has 17 heavy (non-hydrogen) atoms. The van der Waals surface area contributed by atoms with E-state index in [2.05, 4.69) is 22.4 Å². The van der Waals surface area contributed by atoms with Gasteiger partial charge in [0.1, 0.15) is 0 Å². The number of furan rings is 1. The van der Waals surface area contributed by atoms with E-state index in [-0.39, 0.29) is 11.3 Å². The van der Waals surface area contributed by atoms with Crippen LogP contribution in [0.3, 0.4) is 0 Å². The summed E-state index contributed by atoms with van der Waals surface area (Å²) in [5.74, 6) is 0.926. The lowest BCUT2D eigenvalue weighted by Crippen LogP contribution is -2.19. The van der Waals surface area contributed by atoms with Gasteiger partial charge in [-0.3, -0.25) is 0 Å². The molecule has 2 heterocycles. The molecule has 2 aromatic rings. The average Bonchev–Trinajstić information content (AvgIpc) is 2.93. The van der Waals surface area contributed by atoms with Crippen LogP contribution in [0.2, 0.25) is 5.22 Å². The highest BCUT2D eigenvalue weighted by atomic mass is 35.5. The fourth-order valence-electron chi connectivity index (χ4n) is 1.41. The standard InChI is InChI=1S/C11H14ClN3O2/c1-3-5-13-7(2)10-14-15-11(17-10)8-4-6-16-9(8)12/h4,6-7,13H,3,5H2,1-2H3. The number of hydrogen-bond acceptors (Lipinski definition) is 5. The third kappa shape index (κ3) is 2.68. The van der Waals surface area contributed by atoms with Gasteiger partial charge in [0.25, 0.3) is 5.89 Å². The van der Waals surface area contributed by atoms with E-state index in [1.165, 1.54) is 6.26 Å². The topological polar surface area (TPSA) is 64.1 Å². The van der Waals surface area contributed by atoms with E-state index >= 15 is 0 Å². The van der Waals surface area contributed by atoms with Gasteiger partial charge in [-0.15, -0.1) is 10.2 Å². The van der Waals surface area contributed by atoms with Gasteiger partial charge >= 0.3 is 0 Å². The summed E-state index contributed by atoms with van der Waals surface area (Å²) in [4.78, 5) is 0. The molecule has 0 aliphatic rings. The molecule has 0 fully saturated rings. The molecule has 6 heteroatoms. The number of hydrogen-bond donors (Lipinski definition) is 1. The predicted octanol–water partition coefficient (Wildman–Crippen LogP) is 3.04. The Hall–Kier alpha value is -1.33. The molecule has 0 radical (unpaired) electrons. The Morgan fingerprint density at radius 2 is 2.29 bits per heavy atom. The Morgan fingerprint density at radius 3 is 2.94 bits per heavy atom. The molecule has 0 spiro atoms.